The quantitative estimate of drug-likeness (QED) is 0.811. The SMILES string of the molecule is CN(C)S(=O)(=O)c1cc(C(=O)Nc2ccc3c(c2)OCO3)ccc1Br. The van der Waals surface area contributed by atoms with Gasteiger partial charge in [-0.05, 0) is 46.3 Å². The third kappa shape index (κ3) is 3.48. The molecule has 1 heterocycles. The molecule has 0 bridgehead atoms. The smallest absolute Gasteiger partial charge is 0.255 e. The summed E-state index contributed by atoms with van der Waals surface area (Å²) in [7, 11) is -0.811. The van der Waals surface area contributed by atoms with Crippen LogP contribution >= 0.6 is 15.9 Å². The summed E-state index contributed by atoms with van der Waals surface area (Å²) < 4.78 is 36.7. The Bertz CT molecular complexity index is 944. The van der Waals surface area contributed by atoms with Crippen molar-refractivity contribution in [1.82, 2.24) is 4.31 Å². The molecule has 2 aromatic rings. The number of sulfonamides is 1. The predicted octanol–water partition coefficient (Wildman–Crippen LogP) is 2.68. The van der Waals surface area contributed by atoms with E-state index < -0.39 is 15.9 Å². The van der Waals surface area contributed by atoms with Crippen LogP contribution < -0.4 is 14.8 Å². The van der Waals surface area contributed by atoms with Crippen LogP contribution in [-0.4, -0.2) is 39.5 Å². The van der Waals surface area contributed by atoms with Gasteiger partial charge >= 0.3 is 0 Å². The van der Waals surface area contributed by atoms with E-state index >= 15 is 0 Å². The Morgan fingerprint density at radius 2 is 1.84 bits per heavy atom. The molecule has 0 saturated carbocycles. The maximum Gasteiger partial charge on any atom is 0.255 e. The first-order valence-corrected chi connectivity index (χ1v) is 9.45. The van der Waals surface area contributed by atoms with Gasteiger partial charge in [0.15, 0.2) is 11.5 Å². The van der Waals surface area contributed by atoms with Crippen LogP contribution in [-0.2, 0) is 10.0 Å². The van der Waals surface area contributed by atoms with Crippen LogP contribution in [0.15, 0.2) is 45.8 Å². The van der Waals surface area contributed by atoms with E-state index in [4.69, 9.17) is 9.47 Å². The van der Waals surface area contributed by atoms with Crippen LogP contribution in [0.2, 0.25) is 0 Å². The number of nitrogens with zero attached hydrogens (tertiary/aromatic N) is 1. The van der Waals surface area contributed by atoms with Gasteiger partial charge in [-0.25, -0.2) is 12.7 Å². The molecule has 9 heteroatoms. The third-order valence-corrected chi connectivity index (χ3v) is 6.39. The van der Waals surface area contributed by atoms with Crippen LogP contribution in [0.25, 0.3) is 0 Å². The lowest BCUT2D eigenvalue weighted by Crippen LogP contribution is -2.23. The fourth-order valence-corrected chi connectivity index (χ4v) is 4.06. The number of rotatable bonds is 4. The molecule has 3 rings (SSSR count). The summed E-state index contributed by atoms with van der Waals surface area (Å²) in [5.74, 6) is 0.729. The predicted molar refractivity (Wildman–Crippen MR) is 95.5 cm³/mol. The van der Waals surface area contributed by atoms with Crippen molar-refractivity contribution in [2.75, 3.05) is 26.2 Å². The van der Waals surface area contributed by atoms with Crippen molar-refractivity contribution < 1.29 is 22.7 Å². The van der Waals surface area contributed by atoms with Gasteiger partial charge < -0.3 is 14.8 Å². The summed E-state index contributed by atoms with van der Waals surface area (Å²) in [5.41, 5.74) is 0.746. The van der Waals surface area contributed by atoms with Gasteiger partial charge in [0.25, 0.3) is 5.91 Å². The Balaban J connectivity index is 1.88. The molecule has 0 spiro atoms. The van der Waals surface area contributed by atoms with E-state index in [1.165, 1.54) is 26.2 Å². The third-order valence-electron chi connectivity index (χ3n) is 3.58. The summed E-state index contributed by atoms with van der Waals surface area (Å²) in [4.78, 5) is 12.5. The van der Waals surface area contributed by atoms with E-state index in [1.807, 2.05) is 0 Å². The highest BCUT2D eigenvalue weighted by Gasteiger charge is 2.22. The number of carbonyl (C=O) groups is 1. The second kappa shape index (κ2) is 6.66. The molecule has 0 saturated heterocycles. The maximum atomic E-state index is 12.5. The lowest BCUT2D eigenvalue weighted by Gasteiger charge is -2.14. The van der Waals surface area contributed by atoms with Gasteiger partial charge in [-0.2, -0.15) is 0 Å². The summed E-state index contributed by atoms with van der Waals surface area (Å²) in [6.07, 6.45) is 0. The summed E-state index contributed by atoms with van der Waals surface area (Å²) in [6.45, 7) is 0.144. The molecule has 0 aliphatic carbocycles. The van der Waals surface area contributed by atoms with E-state index in [1.54, 1.807) is 24.3 Å². The van der Waals surface area contributed by atoms with Gasteiger partial charge in [0.1, 0.15) is 0 Å². The van der Waals surface area contributed by atoms with Gasteiger partial charge in [-0.1, -0.05) is 0 Å². The van der Waals surface area contributed by atoms with E-state index in [0.29, 0.717) is 21.7 Å². The minimum Gasteiger partial charge on any atom is -0.454 e. The molecule has 7 nitrogen and oxygen atoms in total. The van der Waals surface area contributed by atoms with Gasteiger partial charge in [-0.15, -0.1) is 0 Å². The Hall–Kier alpha value is -2.10. The zero-order valence-corrected chi connectivity index (χ0v) is 15.8. The molecule has 0 atom stereocenters. The van der Waals surface area contributed by atoms with Crippen LogP contribution in [0.1, 0.15) is 10.4 Å². The van der Waals surface area contributed by atoms with Gasteiger partial charge in [0.05, 0.1) is 4.90 Å². The van der Waals surface area contributed by atoms with E-state index in [-0.39, 0.29) is 17.3 Å². The van der Waals surface area contributed by atoms with Crippen molar-refractivity contribution in [3.05, 3.63) is 46.4 Å². The molecule has 1 aliphatic rings. The number of nitrogens with one attached hydrogen (secondary N) is 1. The number of benzene rings is 2. The molecule has 1 aliphatic heterocycles. The van der Waals surface area contributed by atoms with Crippen LogP contribution in [0.5, 0.6) is 11.5 Å². The molecule has 0 unspecified atom stereocenters. The summed E-state index contributed by atoms with van der Waals surface area (Å²) >= 11 is 3.22. The molecule has 25 heavy (non-hydrogen) atoms. The largest absolute Gasteiger partial charge is 0.454 e. The molecule has 2 aromatic carbocycles. The Morgan fingerprint density at radius 1 is 1.12 bits per heavy atom. The first-order valence-electron chi connectivity index (χ1n) is 7.22. The first-order chi connectivity index (χ1) is 11.8. The molecule has 132 valence electrons. The Labute approximate surface area is 153 Å². The topological polar surface area (TPSA) is 84.9 Å². The van der Waals surface area contributed by atoms with Crippen LogP contribution in [0, 0.1) is 0 Å². The zero-order valence-electron chi connectivity index (χ0n) is 13.4. The average Bonchev–Trinajstić information content (AvgIpc) is 3.02. The van der Waals surface area contributed by atoms with Crippen molar-refractivity contribution in [3.63, 3.8) is 0 Å². The summed E-state index contributed by atoms with van der Waals surface area (Å²) in [5, 5.41) is 2.72. The number of anilines is 1. The average molecular weight is 427 g/mol. The molecular weight excluding hydrogens is 412 g/mol. The van der Waals surface area contributed by atoms with E-state index in [2.05, 4.69) is 21.2 Å². The normalized spacial score (nSPS) is 13.1. The standard InChI is InChI=1S/C16H15BrN2O5S/c1-19(2)25(21,22)15-7-10(3-5-12(15)17)16(20)18-11-4-6-13-14(8-11)24-9-23-13/h3-8H,9H2,1-2H3,(H,18,20). The van der Waals surface area contributed by atoms with E-state index in [9.17, 15) is 13.2 Å². The second-order valence-corrected chi connectivity index (χ2v) is 8.43. The van der Waals surface area contributed by atoms with Crippen molar-refractivity contribution in [2.24, 2.45) is 0 Å². The van der Waals surface area contributed by atoms with Crippen LogP contribution in [0.3, 0.4) is 0 Å². The monoisotopic (exact) mass is 426 g/mol. The molecular formula is C16H15BrN2O5S. The van der Waals surface area contributed by atoms with Gasteiger partial charge in [-0.3, -0.25) is 4.79 Å². The number of amides is 1. The van der Waals surface area contributed by atoms with Gasteiger partial charge in [0.2, 0.25) is 16.8 Å². The maximum absolute atomic E-state index is 12.5. The van der Waals surface area contributed by atoms with Crippen molar-refractivity contribution in [2.45, 2.75) is 4.90 Å². The van der Waals surface area contributed by atoms with Crippen LogP contribution in [0.4, 0.5) is 5.69 Å². The highest BCUT2D eigenvalue weighted by Crippen LogP contribution is 2.34. The van der Waals surface area contributed by atoms with Crippen molar-refractivity contribution >= 4 is 37.5 Å². The lowest BCUT2D eigenvalue weighted by molar-refractivity contribution is 0.102. The van der Waals surface area contributed by atoms with Crippen molar-refractivity contribution in [3.8, 4) is 11.5 Å². The number of carbonyl (C=O) groups excluding carboxylic acids is 1. The highest BCUT2D eigenvalue weighted by atomic mass is 79.9. The second-order valence-electron chi connectivity index (χ2n) is 5.45. The number of ether oxygens (including phenoxy) is 2. The van der Waals surface area contributed by atoms with E-state index in [0.717, 1.165) is 4.31 Å². The number of hydrogen-bond donors (Lipinski definition) is 1. The van der Waals surface area contributed by atoms with Crippen molar-refractivity contribution in [1.29, 1.82) is 0 Å². The zero-order chi connectivity index (χ0) is 18.2. The highest BCUT2D eigenvalue weighted by molar-refractivity contribution is 9.10. The number of hydrogen-bond acceptors (Lipinski definition) is 5. The molecule has 1 N–H and O–H groups in total. The molecule has 1 amide bonds. The number of fused-ring (bicyclic) bond motifs is 1. The molecule has 0 fully saturated rings. The Morgan fingerprint density at radius 3 is 2.56 bits per heavy atom. The molecule has 0 radical (unpaired) electrons. The number of halogens is 1. The summed E-state index contributed by atoms with van der Waals surface area (Å²) in [6, 6.07) is 9.44. The Kier molecular flexibility index (Phi) is 4.72. The van der Waals surface area contributed by atoms with Gasteiger partial charge in [0, 0.05) is 35.9 Å². The first kappa shape index (κ1) is 17.7. The fourth-order valence-electron chi connectivity index (χ4n) is 2.22. The minimum atomic E-state index is -3.67. The lowest BCUT2D eigenvalue weighted by atomic mass is 10.2. The molecule has 0 aromatic heterocycles. The fraction of sp³-hybridized carbons (Fsp3) is 0.188. The minimum absolute atomic E-state index is 0.0239.